The summed E-state index contributed by atoms with van der Waals surface area (Å²) in [7, 11) is 0. The number of likely N-dealkylation sites (tertiary alicyclic amines) is 1. The monoisotopic (exact) mass is 488 g/mol. The van der Waals surface area contributed by atoms with Crippen LogP contribution < -0.4 is 16.4 Å². The zero-order valence-corrected chi connectivity index (χ0v) is 22.1. The van der Waals surface area contributed by atoms with Crippen LogP contribution in [0.4, 0.5) is 0 Å². The van der Waals surface area contributed by atoms with E-state index < -0.39 is 29.4 Å². The second-order valence-corrected chi connectivity index (χ2v) is 13.2. The van der Waals surface area contributed by atoms with Crippen molar-refractivity contribution >= 4 is 24.1 Å². The molecule has 35 heavy (non-hydrogen) atoms. The first-order valence-electron chi connectivity index (χ1n) is 13.4. The lowest BCUT2D eigenvalue weighted by atomic mass is 9.73. The van der Waals surface area contributed by atoms with Crippen LogP contribution >= 0.6 is 0 Å². The van der Waals surface area contributed by atoms with E-state index in [1.165, 1.54) is 6.42 Å². The summed E-state index contributed by atoms with van der Waals surface area (Å²) in [6.07, 6.45) is 9.48. The Labute approximate surface area is 209 Å². The highest BCUT2D eigenvalue weighted by molar-refractivity contribution is 5.94. The molecule has 4 atom stereocenters. The van der Waals surface area contributed by atoms with Crippen molar-refractivity contribution in [1.82, 2.24) is 15.5 Å². The number of primary amides is 1. The van der Waals surface area contributed by atoms with Crippen LogP contribution in [0.5, 0.6) is 0 Å². The van der Waals surface area contributed by atoms with Crippen molar-refractivity contribution < 1.29 is 19.2 Å². The molecule has 4 fully saturated rings. The predicted molar refractivity (Wildman–Crippen MR) is 133 cm³/mol. The molecule has 2 unspecified atom stereocenters. The number of carbonyl (C=O) groups excluding carboxylic acids is 4. The van der Waals surface area contributed by atoms with Crippen LogP contribution in [0.25, 0.3) is 0 Å². The molecular weight excluding hydrogens is 444 g/mol. The van der Waals surface area contributed by atoms with E-state index in [4.69, 9.17) is 5.73 Å². The molecule has 0 bridgehead atoms. The van der Waals surface area contributed by atoms with Gasteiger partial charge in [0.05, 0.1) is 0 Å². The number of carbonyl (C=O) groups is 4. The molecule has 3 aliphatic carbocycles. The first-order valence-corrected chi connectivity index (χ1v) is 13.4. The highest BCUT2D eigenvalue weighted by atomic mass is 16.2. The number of hydrogen-bond donors (Lipinski definition) is 3. The van der Waals surface area contributed by atoms with Gasteiger partial charge in [0.15, 0.2) is 0 Å². The van der Waals surface area contributed by atoms with Crippen LogP contribution in [-0.4, -0.2) is 53.7 Å². The van der Waals surface area contributed by atoms with Crippen LogP contribution in [-0.2, 0) is 19.2 Å². The van der Waals surface area contributed by atoms with E-state index in [2.05, 4.69) is 24.5 Å². The standard InChI is InChI=1S/C27H44N4O4/c1-24(2,3)20(29-16-32)22(34)30-19(17-10-7-6-8-11-17)23(35)31-15-27(14-18(31)21(28)33)25(4,5)26(27)12-9-13-26/h16-20H,6-15H2,1-5H3,(H2,28,33)(H,29,32)(H,30,34)/t18-,19-,20?,27?/m0/s1. The van der Waals surface area contributed by atoms with Crippen LogP contribution in [0.3, 0.4) is 0 Å². The first kappa shape index (κ1) is 26.0. The molecule has 2 spiro atoms. The van der Waals surface area contributed by atoms with Crippen LogP contribution in [0, 0.1) is 27.6 Å². The van der Waals surface area contributed by atoms with E-state index in [1.54, 1.807) is 4.90 Å². The summed E-state index contributed by atoms with van der Waals surface area (Å²) in [6, 6.07) is -2.13. The van der Waals surface area contributed by atoms with Crippen molar-refractivity contribution in [2.24, 2.45) is 33.3 Å². The van der Waals surface area contributed by atoms with Gasteiger partial charge >= 0.3 is 0 Å². The van der Waals surface area contributed by atoms with Crippen molar-refractivity contribution in [3.05, 3.63) is 0 Å². The Morgan fingerprint density at radius 2 is 1.66 bits per heavy atom. The van der Waals surface area contributed by atoms with Crippen molar-refractivity contribution in [2.75, 3.05) is 6.54 Å². The highest BCUT2D eigenvalue weighted by Gasteiger charge is 2.85. The Kier molecular flexibility index (Phi) is 6.50. The Morgan fingerprint density at radius 1 is 1.03 bits per heavy atom. The number of hydrogen-bond acceptors (Lipinski definition) is 4. The molecule has 1 saturated heterocycles. The largest absolute Gasteiger partial charge is 0.368 e. The highest BCUT2D eigenvalue weighted by Crippen LogP contribution is 2.88. The van der Waals surface area contributed by atoms with Crippen molar-refractivity contribution in [3.8, 4) is 0 Å². The van der Waals surface area contributed by atoms with E-state index in [-0.39, 0.29) is 34.0 Å². The molecule has 8 nitrogen and oxygen atoms in total. The molecular formula is C27H44N4O4. The fraction of sp³-hybridized carbons (Fsp3) is 0.852. The molecule has 0 aromatic heterocycles. The number of nitrogens with zero attached hydrogens (tertiary/aromatic N) is 1. The molecule has 4 amide bonds. The van der Waals surface area contributed by atoms with Gasteiger partial charge in [-0.05, 0) is 54.3 Å². The molecule has 4 N–H and O–H groups in total. The minimum atomic E-state index is -0.767. The van der Waals surface area contributed by atoms with Gasteiger partial charge in [0.1, 0.15) is 18.1 Å². The quantitative estimate of drug-likeness (QED) is 0.477. The molecule has 0 aromatic rings. The normalized spacial score (nSPS) is 30.9. The summed E-state index contributed by atoms with van der Waals surface area (Å²) in [5, 5.41) is 5.66. The Morgan fingerprint density at radius 3 is 2.11 bits per heavy atom. The maximum Gasteiger partial charge on any atom is 0.246 e. The molecule has 1 aliphatic heterocycles. The van der Waals surface area contributed by atoms with Gasteiger partial charge in [-0.15, -0.1) is 0 Å². The van der Waals surface area contributed by atoms with E-state index in [1.807, 2.05) is 20.8 Å². The van der Waals surface area contributed by atoms with Gasteiger partial charge in [-0.25, -0.2) is 0 Å². The average Bonchev–Trinajstić information content (AvgIpc) is 3.00. The van der Waals surface area contributed by atoms with Crippen LogP contribution in [0.2, 0.25) is 0 Å². The second kappa shape index (κ2) is 8.77. The minimum Gasteiger partial charge on any atom is -0.368 e. The van der Waals surface area contributed by atoms with Gasteiger partial charge in [0.25, 0.3) is 0 Å². The van der Waals surface area contributed by atoms with Crippen molar-refractivity contribution in [1.29, 1.82) is 0 Å². The maximum atomic E-state index is 14.2. The number of nitrogens with one attached hydrogen (secondary N) is 2. The fourth-order valence-electron chi connectivity index (χ4n) is 8.13. The molecule has 0 radical (unpaired) electrons. The number of nitrogens with two attached hydrogens (primary N) is 1. The number of amides is 4. The zero-order valence-electron chi connectivity index (χ0n) is 22.1. The predicted octanol–water partition coefficient (Wildman–Crippen LogP) is 2.49. The summed E-state index contributed by atoms with van der Waals surface area (Å²) >= 11 is 0. The minimum absolute atomic E-state index is 0.00648. The number of fused-ring (bicyclic) bond motifs is 1. The van der Waals surface area contributed by atoms with Crippen molar-refractivity contribution in [3.63, 3.8) is 0 Å². The molecule has 1 heterocycles. The van der Waals surface area contributed by atoms with Crippen molar-refractivity contribution in [2.45, 2.75) is 111 Å². The third-order valence-corrected chi connectivity index (χ3v) is 10.5. The second-order valence-electron chi connectivity index (χ2n) is 13.2. The summed E-state index contributed by atoms with van der Waals surface area (Å²) in [6.45, 7) is 10.7. The SMILES string of the molecule is CC(C)(C)C(NC=O)C(=O)N[C@H](C(=O)N1CC2(C[C@H]1C(N)=O)C(C)(C)C21CCC1)C1CCCCC1. The van der Waals surface area contributed by atoms with Gasteiger partial charge in [-0.3, -0.25) is 19.2 Å². The molecule has 196 valence electrons. The van der Waals surface area contributed by atoms with Gasteiger partial charge < -0.3 is 21.3 Å². The summed E-state index contributed by atoms with van der Waals surface area (Å²) in [5.41, 5.74) is 5.52. The molecule has 4 rings (SSSR count). The number of rotatable bonds is 7. The fourth-order valence-corrected chi connectivity index (χ4v) is 8.13. The third kappa shape index (κ3) is 3.86. The smallest absolute Gasteiger partial charge is 0.246 e. The third-order valence-electron chi connectivity index (χ3n) is 10.5. The Balaban J connectivity index is 1.62. The van der Waals surface area contributed by atoms with Crippen LogP contribution in [0.1, 0.15) is 92.4 Å². The van der Waals surface area contributed by atoms with E-state index in [9.17, 15) is 19.2 Å². The molecule has 0 aromatic carbocycles. The van der Waals surface area contributed by atoms with Gasteiger partial charge in [0.2, 0.25) is 24.1 Å². The summed E-state index contributed by atoms with van der Waals surface area (Å²) < 4.78 is 0. The summed E-state index contributed by atoms with van der Waals surface area (Å²) in [4.78, 5) is 53.1. The van der Waals surface area contributed by atoms with Gasteiger partial charge in [-0.1, -0.05) is 60.3 Å². The lowest BCUT2D eigenvalue weighted by Crippen LogP contribution is -2.60. The van der Waals surface area contributed by atoms with E-state index in [0.717, 1.165) is 44.9 Å². The maximum absolute atomic E-state index is 14.2. The Hall–Kier alpha value is -2.12. The molecule has 8 heteroatoms. The Bertz CT molecular complexity index is 884. The van der Waals surface area contributed by atoms with Gasteiger partial charge in [0, 0.05) is 12.0 Å². The summed E-state index contributed by atoms with van der Waals surface area (Å²) in [5.74, 6) is -1.01. The van der Waals surface area contributed by atoms with E-state index >= 15 is 0 Å². The first-order chi connectivity index (χ1) is 16.3. The van der Waals surface area contributed by atoms with Gasteiger partial charge in [-0.2, -0.15) is 0 Å². The zero-order chi connectivity index (χ0) is 25.8. The molecule has 3 saturated carbocycles. The molecule has 4 aliphatic rings. The average molecular weight is 489 g/mol. The van der Waals surface area contributed by atoms with Crippen LogP contribution in [0.15, 0.2) is 0 Å². The lowest BCUT2D eigenvalue weighted by Gasteiger charge is -2.37. The lowest BCUT2D eigenvalue weighted by molar-refractivity contribution is -0.143. The van der Waals surface area contributed by atoms with E-state index in [0.29, 0.717) is 19.4 Å². The topological polar surface area (TPSA) is 122 Å².